The van der Waals surface area contributed by atoms with E-state index in [0.717, 1.165) is 65.9 Å². The maximum atomic E-state index is 7.16. The number of nitrogen functional groups attached to an aromatic ring is 1. The summed E-state index contributed by atoms with van der Waals surface area (Å²) < 4.78 is 4.60. The SMILES string of the molecule is N/C=C(\C=C(c1ccccc1)c1cc2ccn(-c3ccccc3)c2cc1-c1ccc2c(sc3ccccc32)c1N)c1ccccc1. The maximum Gasteiger partial charge on any atom is 0.0591 e. The first kappa shape index (κ1) is 27.7. The van der Waals surface area contributed by atoms with E-state index in [1.54, 1.807) is 17.5 Å². The van der Waals surface area contributed by atoms with Crippen LogP contribution < -0.4 is 11.5 Å². The van der Waals surface area contributed by atoms with Crippen molar-refractivity contribution in [1.82, 2.24) is 4.57 Å². The van der Waals surface area contributed by atoms with E-state index in [9.17, 15) is 0 Å². The summed E-state index contributed by atoms with van der Waals surface area (Å²) in [6.07, 6.45) is 6.05. The molecule has 2 heterocycles. The summed E-state index contributed by atoms with van der Waals surface area (Å²) in [5.41, 5.74) is 23.8. The Morgan fingerprint density at radius 3 is 2.04 bits per heavy atom. The van der Waals surface area contributed by atoms with Crippen LogP contribution in [0.2, 0.25) is 0 Å². The van der Waals surface area contributed by atoms with Gasteiger partial charge < -0.3 is 16.0 Å². The van der Waals surface area contributed by atoms with Gasteiger partial charge in [0.05, 0.1) is 15.9 Å². The molecule has 2 aromatic heterocycles. The summed E-state index contributed by atoms with van der Waals surface area (Å²) >= 11 is 1.75. The van der Waals surface area contributed by atoms with Gasteiger partial charge in [-0.1, -0.05) is 109 Å². The van der Waals surface area contributed by atoms with Crippen LogP contribution in [0.25, 0.3) is 59.0 Å². The molecule has 46 heavy (non-hydrogen) atoms. The smallest absolute Gasteiger partial charge is 0.0591 e. The van der Waals surface area contributed by atoms with E-state index in [0.29, 0.717) is 0 Å². The minimum atomic E-state index is 0.794. The number of allylic oxidation sites excluding steroid dienone is 2. The lowest BCUT2D eigenvalue weighted by Crippen LogP contribution is -1.99. The molecule has 0 amide bonds. The van der Waals surface area contributed by atoms with Crippen LogP contribution in [0, 0.1) is 0 Å². The zero-order valence-corrected chi connectivity index (χ0v) is 25.9. The van der Waals surface area contributed by atoms with Crippen molar-refractivity contribution in [2.75, 3.05) is 5.73 Å². The Hall–Kier alpha value is -5.84. The first-order valence-electron chi connectivity index (χ1n) is 15.3. The molecular weight excluding hydrogens is 579 g/mol. The van der Waals surface area contributed by atoms with Crippen molar-refractivity contribution < 1.29 is 0 Å². The molecule has 0 bridgehead atoms. The van der Waals surface area contributed by atoms with Crippen molar-refractivity contribution in [3.8, 4) is 16.8 Å². The lowest BCUT2D eigenvalue weighted by molar-refractivity contribution is 1.13. The Balaban J connectivity index is 1.44. The summed E-state index contributed by atoms with van der Waals surface area (Å²) in [5, 5.41) is 3.57. The van der Waals surface area contributed by atoms with Gasteiger partial charge in [-0.3, -0.25) is 0 Å². The first-order valence-corrected chi connectivity index (χ1v) is 16.2. The molecule has 8 aromatic rings. The molecule has 0 saturated carbocycles. The Kier molecular flexibility index (Phi) is 6.97. The monoisotopic (exact) mass is 609 g/mol. The number of hydrogen-bond acceptors (Lipinski definition) is 3. The number of hydrogen-bond donors (Lipinski definition) is 2. The van der Waals surface area contributed by atoms with Gasteiger partial charge in [-0.2, -0.15) is 0 Å². The maximum absolute atomic E-state index is 7.16. The van der Waals surface area contributed by atoms with E-state index in [-0.39, 0.29) is 0 Å². The fourth-order valence-corrected chi connectivity index (χ4v) is 7.60. The van der Waals surface area contributed by atoms with Gasteiger partial charge in [0, 0.05) is 44.5 Å². The normalized spacial score (nSPS) is 12.3. The number of nitrogens with zero attached hydrogens (tertiary/aromatic N) is 1. The van der Waals surface area contributed by atoms with Crippen LogP contribution in [-0.4, -0.2) is 4.57 Å². The molecule has 0 aliphatic heterocycles. The van der Waals surface area contributed by atoms with Gasteiger partial charge in [0.1, 0.15) is 0 Å². The van der Waals surface area contributed by atoms with Gasteiger partial charge >= 0.3 is 0 Å². The minimum Gasteiger partial charge on any atom is -0.404 e. The molecule has 0 unspecified atom stereocenters. The quantitative estimate of drug-likeness (QED) is 0.146. The second-order valence-electron chi connectivity index (χ2n) is 11.4. The molecule has 0 aliphatic rings. The highest BCUT2D eigenvalue weighted by molar-refractivity contribution is 7.26. The van der Waals surface area contributed by atoms with E-state index in [4.69, 9.17) is 11.5 Å². The number of thiophene rings is 1. The van der Waals surface area contributed by atoms with Crippen molar-refractivity contribution in [1.29, 1.82) is 0 Å². The summed E-state index contributed by atoms with van der Waals surface area (Å²) in [4.78, 5) is 0. The number of fused-ring (bicyclic) bond motifs is 4. The number of para-hydroxylation sites is 1. The summed E-state index contributed by atoms with van der Waals surface area (Å²) in [6.45, 7) is 0. The predicted molar refractivity (Wildman–Crippen MR) is 198 cm³/mol. The van der Waals surface area contributed by atoms with E-state index in [2.05, 4.69) is 138 Å². The van der Waals surface area contributed by atoms with Gasteiger partial charge in [0.15, 0.2) is 0 Å². The van der Waals surface area contributed by atoms with Crippen LogP contribution in [0.3, 0.4) is 0 Å². The molecule has 8 rings (SSSR count). The van der Waals surface area contributed by atoms with E-state index < -0.39 is 0 Å². The van der Waals surface area contributed by atoms with E-state index in [1.807, 2.05) is 24.3 Å². The molecule has 4 N–H and O–H groups in total. The van der Waals surface area contributed by atoms with Crippen molar-refractivity contribution >= 4 is 59.2 Å². The van der Waals surface area contributed by atoms with Crippen LogP contribution in [-0.2, 0) is 0 Å². The van der Waals surface area contributed by atoms with E-state index >= 15 is 0 Å². The van der Waals surface area contributed by atoms with Crippen LogP contribution in [0.5, 0.6) is 0 Å². The summed E-state index contributed by atoms with van der Waals surface area (Å²) in [7, 11) is 0. The van der Waals surface area contributed by atoms with Crippen LogP contribution in [0.1, 0.15) is 16.7 Å². The fraction of sp³-hybridized carbons (Fsp3) is 0. The highest BCUT2D eigenvalue weighted by Gasteiger charge is 2.20. The number of rotatable bonds is 6. The van der Waals surface area contributed by atoms with Crippen LogP contribution in [0.4, 0.5) is 5.69 Å². The largest absolute Gasteiger partial charge is 0.404 e. The van der Waals surface area contributed by atoms with Crippen molar-refractivity contribution in [2.24, 2.45) is 5.73 Å². The molecule has 4 heteroatoms. The van der Waals surface area contributed by atoms with Crippen molar-refractivity contribution in [3.05, 3.63) is 181 Å². The standard InChI is InChI=1S/C42H31N3S/c43-27-31(28-12-4-1-5-13-28)25-36(29-14-6-2-7-15-29)37-24-30-22-23-45(32-16-8-3-9-17-32)39(30)26-38(37)34-20-21-35-33-18-10-11-19-40(33)46-42(35)41(34)44/h1-27H,43-44H2/b31-27+,36-25?. The lowest BCUT2D eigenvalue weighted by atomic mass is 9.87. The van der Waals surface area contributed by atoms with Crippen molar-refractivity contribution in [3.63, 3.8) is 0 Å². The van der Waals surface area contributed by atoms with Crippen molar-refractivity contribution in [2.45, 2.75) is 0 Å². The molecule has 0 fully saturated rings. The molecule has 3 nitrogen and oxygen atoms in total. The molecule has 6 aromatic carbocycles. The second-order valence-corrected chi connectivity index (χ2v) is 12.4. The van der Waals surface area contributed by atoms with Crippen LogP contribution >= 0.6 is 11.3 Å². The molecule has 0 aliphatic carbocycles. The highest BCUT2D eigenvalue weighted by atomic mass is 32.1. The third kappa shape index (κ3) is 4.76. The molecular formula is C42H31N3S. The molecule has 0 atom stereocenters. The Morgan fingerprint density at radius 2 is 1.30 bits per heavy atom. The first-order chi connectivity index (χ1) is 22.7. The Bertz CT molecular complexity index is 2410. The average molecular weight is 610 g/mol. The topological polar surface area (TPSA) is 57.0 Å². The van der Waals surface area contributed by atoms with Gasteiger partial charge in [-0.05, 0) is 75.9 Å². The summed E-state index contributed by atoms with van der Waals surface area (Å²) in [5.74, 6) is 0. The fourth-order valence-electron chi connectivity index (χ4n) is 6.43. The number of nitrogens with two attached hydrogens (primary N) is 2. The van der Waals surface area contributed by atoms with E-state index in [1.165, 1.54) is 15.5 Å². The van der Waals surface area contributed by atoms with Crippen LogP contribution in [0.15, 0.2) is 164 Å². The highest BCUT2D eigenvalue weighted by Crippen LogP contribution is 2.45. The van der Waals surface area contributed by atoms with Gasteiger partial charge in [-0.15, -0.1) is 11.3 Å². The summed E-state index contributed by atoms with van der Waals surface area (Å²) in [6, 6.07) is 51.0. The number of anilines is 1. The Labute approximate surface area is 272 Å². The third-order valence-electron chi connectivity index (χ3n) is 8.70. The predicted octanol–water partition coefficient (Wildman–Crippen LogP) is 10.7. The molecule has 0 saturated heterocycles. The zero-order chi connectivity index (χ0) is 31.0. The molecule has 220 valence electrons. The minimum absolute atomic E-state index is 0.794. The molecule has 0 radical (unpaired) electrons. The molecule has 0 spiro atoms. The zero-order valence-electron chi connectivity index (χ0n) is 25.1. The van der Waals surface area contributed by atoms with Gasteiger partial charge in [0.25, 0.3) is 0 Å². The number of benzene rings is 6. The lowest BCUT2D eigenvalue weighted by Gasteiger charge is -2.18. The number of aromatic nitrogens is 1. The van der Waals surface area contributed by atoms with Gasteiger partial charge in [-0.25, -0.2) is 0 Å². The Morgan fingerprint density at radius 1 is 0.630 bits per heavy atom. The average Bonchev–Trinajstić information content (AvgIpc) is 3.71. The van der Waals surface area contributed by atoms with Gasteiger partial charge in [0.2, 0.25) is 0 Å². The second kappa shape index (κ2) is 11.6. The third-order valence-corrected chi connectivity index (χ3v) is 9.92.